The predicted molar refractivity (Wildman–Crippen MR) is 70.6 cm³/mol. The highest BCUT2D eigenvalue weighted by atomic mass is 16.4. The number of carboxylic acid groups (broad SMARTS) is 1. The number of ketones is 1. The Balaban J connectivity index is 1.98. The van der Waals surface area contributed by atoms with E-state index in [9.17, 15) is 14.7 Å². The van der Waals surface area contributed by atoms with E-state index in [1.807, 2.05) is 0 Å². The van der Waals surface area contributed by atoms with Gasteiger partial charge in [0, 0.05) is 17.5 Å². The van der Waals surface area contributed by atoms with Crippen molar-refractivity contribution < 1.29 is 14.7 Å². The van der Waals surface area contributed by atoms with Crippen molar-refractivity contribution in [3.63, 3.8) is 0 Å². The van der Waals surface area contributed by atoms with Crippen LogP contribution >= 0.6 is 0 Å². The van der Waals surface area contributed by atoms with E-state index in [0.29, 0.717) is 5.57 Å². The summed E-state index contributed by atoms with van der Waals surface area (Å²) in [6, 6.07) is -0.330. The summed E-state index contributed by atoms with van der Waals surface area (Å²) in [5.74, 6) is -0.804. The number of carboxylic acids is 1. The van der Waals surface area contributed by atoms with Gasteiger partial charge in [0.25, 0.3) is 0 Å². The molecule has 2 fully saturated rings. The molecule has 4 nitrogen and oxygen atoms in total. The minimum absolute atomic E-state index is 0.0257. The molecule has 1 aliphatic heterocycles. The number of carbonyl (C=O) groups excluding carboxylic acids is 1. The Kier molecular flexibility index (Phi) is 3.11. The normalized spacial score (nSPS) is 33.7. The lowest BCUT2D eigenvalue weighted by molar-refractivity contribution is -0.133. The molecule has 0 aromatic carbocycles. The number of rotatable bonds is 1. The number of allylic oxidation sites excluding steroid dienone is 4. The standard InChI is InChI=1S/C15H17NO3/c17-14-9-5-3-4-8-12(9)16-13-10(14)6-1-2-7-11(13)15(18)19/h1-2,6-7,9,12-13,16H,3-5,8H2,(H,18,19). The summed E-state index contributed by atoms with van der Waals surface area (Å²) in [5.41, 5.74) is 0.864. The van der Waals surface area contributed by atoms with Crippen LogP contribution in [0.25, 0.3) is 0 Å². The molecule has 4 heteroatoms. The molecule has 100 valence electrons. The zero-order valence-electron chi connectivity index (χ0n) is 10.6. The van der Waals surface area contributed by atoms with Gasteiger partial charge in [0.05, 0.1) is 11.6 Å². The van der Waals surface area contributed by atoms with Crippen LogP contribution in [0.5, 0.6) is 0 Å². The molecule has 19 heavy (non-hydrogen) atoms. The highest BCUT2D eigenvalue weighted by Gasteiger charge is 2.43. The fourth-order valence-corrected chi connectivity index (χ4v) is 3.35. The zero-order chi connectivity index (χ0) is 13.4. The molecule has 1 saturated heterocycles. The lowest BCUT2D eigenvalue weighted by Gasteiger charge is -2.40. The zero-order valence-corrected chi connectivity index (χ0v) is 10.6. The predicted octanol–water partition coefficient (Wildman–Crippen LogP) is 1.59. The van der Waals surface area contributed by atoms with Crippen molar-refractivity contribution in [3.8, 4) is 0 Å². The first-order valence-corrected chi connectivity index (χ1v) is 6.80. The number of piperidine rings is 1. The molecule has 0 bridgehead atoms. The summed E-state index contributed by atoms with van der Waals surface area (Å²) < 4.78 is 0. The molecular formula is C15H17NO3. The summed E-state index contributed by atoms with van der Waals surface area (Å²) in [4.78, 5) is 23.9. The molecule has 3 rings (SSSR count). The second-order valence-electron chi connectivity index (χ2n) is 5.40. The quantitative estimate of drug-likeness (QED) is 0.750. The maximum atomic E-state index is 12.6. The van der Waals surface area contributed by atoms with Gasteiger partial charge in [0.2, 0.25) is 0 Å². The van der Waals surface area contributed by atoms with E-state index in [-0.39, 0.29) is 23.3 Å². The van der Waals surface area contributed by atoms with Crippen molar-refractivity contribution in [2.75, 3.05) is 0 Å². The van der Waals surface area contributed by atoms with Gasteiger partial charge in [-0.3, -0.25) is 4.79 Å². The lowest BCUT2D eigenvalue weighted by Crippen LogP contribution is -2.55. The van der Waals surface area contributed by atoms with Crippen LogP contribution in [0.2, 0.25) is 0 Å². The number of nitrogens with one attached hydrogen (secondary N) is 1. The molecule has 3 unspecified atom stereocenters. The maximum Gasteiger partial charge on any atom is 0.333 e. The summed E-state index contributed by atoms with van der Waals surface area (Å²) >= 11 is 0. The molecular weight excluding hydrogens is 242 g/mol. The van der Waals surface area contributed by atoms with Crippen LogP contribution in [0.15, 0.2) is 35.5 Å². The molecule has 2 N–H and O–H groups in total. The summed E-state index contributed by atoms with van der Waals surface area (Å²) in [6.07, 6.45) is 10.9. The maximum absolute atomic E-state index is 12.6. The average molecular weight is 259 g/mol. The van der Waals surface area contributed by atoms with E-state index in [0.717, 1.165) is 25.7 Å². The first-order valence-electron chi connectivity index (χ1n) is 6.80. The molecule has 3 atom stereocenters. The Morgan fingerprint density at radius 2 is 1.95 bits per heavy atom. The number of hydrogen-bond acceptors (Lipinski definition) is 3. The molecule has 1 saturated carbocycles. The highest BCUT2D eigenvalue weighted by molar-refractivity contribution is 6.03. The fourth-order valence-electron chi connectivity index (χ4n) is 3.35. The van der Waals surface area contributed by atoms with Crippen LogP contribution in [-0.4, -0.2) is 28.9 Å². The van der Waals surface area contributed by atoms with Crippen molar-refractivity contribution in [3.05, 3.63) is 35.5 Å². The molecule has 0 amide bonds. The Morgan fingerprint density at radius 3 is 2.74 bits per heavy atom. The number of hydrogen-bond donors (Lipinski definition) is 2. The van der Waals surface area contributed by atoms with Crippen molar-refractivity contribution in [1.82, 2.24) is 5.32 Å². The van der Waals surface area contributed by atoms with Crippen LogP contribution in [0, 0.1) is 5.92 Å². The van der Waals surface area contributed by atoms with Gasteiger partial charge in [0.15, 0.2) is 5.78 Å². The second-order valence-corrected chi connectivity index (χ2v) is 5.40. The fraction of sp³-hybridized carbons (Fsp3) is 0.467. The average Bonchev–Trinajstić information content (AvgIpc) is 2.61. The van der Waals surface area contributed by atoms with Gasteiger partial charge in [-0.15, -0.1) is 0 Å². The van der Waals surface area contributed by atoms with Crippen LogP contribution in [0.1, 0.15) is 25.7 Å². The van der Waals surface area contributed by atoms with Crippen LogP contribution in [-0.2, 0) is 9.59 Å². The van der Waals surface area contributed by atoms with Gasteiger partial charge in [-0.25, -0.2) is 4.79 Å². The van der Waals surface area contributed by atoms with Gasteiger partial charge in [-0.1, -0.05) is 31.1 Å². The molecule has 0 aromatic rings. The van der Waals surface area contributed by atoms with Gasteiger partial charge >= 0.3 is 5.97 Å². The van der Waals surface area contributed by atoms with Crippen LogP contribution in [0.4, 0.5) is 0 Å². The largest absolute Gasteiger partial charge is 0.478 e. The van der Waals surface area contributed by atoms with Crippen LogP contribution < -0.4 is 5.32 Å². The first kappa shape index (κ1) is 12.4. The SMILES string of the molecule is O=C(O)C1=CC=CC=C2C(=O)C3CCCCC3NC12. The smallest absolute Gasteiger partial charge is 0.333 e. The molecule has 2 aliphatic carbocycles. The number of carbonyl (C=O) groups is 2. The Labute approximate surface area is 111 Å². The Hall–Kier alpha value is -1.68. The second kappa shape index (κ2) is 4.78. The van der Waals surface area contributed by atoms with Gasteiger partial charge < -0.3 is 10.4 Å². The monoisotopic (exact) mass is 259 g/mol. The lowest BCUT2D eigenvalue weighted by atomic mass is 9.73. The third-order valence-corrected chi connectivity index (χ3v) is 4.30. The van der Waals surface area contributed by atoms with Crippen molar-refractivity contribution in [2.45, 2.75) is 37.8 Å². The topological polar surface area (TPSA) is 66.4 Å². The third-order valence-electron chi connectivity index (χ3n) is 4.30. The van der Waals surface area contributed by atoms with Crippen molar-refractivity contribution >= 4 is 11.8 Å². The molecule has 0 spiro atoms. The molecule has 1 heterocycles. The molecule has 0 radical (unpaired) electrons. The minimum Gasteiger partial charge on any atom is -0.478 e. The van der Waals surface area contributed by atoms with E-state index in [4.69, 9.17) is 0 Å². The summed E-state index contributed by atoms with van der Waals surface area (Å²) in [5, 5.41) is 12.7. The van der Waals surface area contributed by atoms with E-state index >= 15 is 0 Å². The van der Waals surface area contributed by atoms with E-state index in [1.54, 1.807) is 24.3 Å². The Bertz CT molecular complexity index is 515. The van der Waals surface area contributed by atoms with Crippen molar-refractivity contribution in [1.29, 1.82) is 0 Å². The van der Waals surface area contributed by atoms with E-state index < -0.39 is 12.0 Å². The first-order chi connectivity index (χ1) is 9.18. The van der Waals surface area contributed by atoms with E-state index in [2.05, 4.69) is 5.32 Å². The van der Waals surface area contributed by atoms with Gasteiger partial charge in [-0.05, 0) is 18.9 Å². The highest BCUT2D eigenvalue weighted by Crippen LogP contribution is 2.34. The van der Waals surface area contributed by atoms with Gasteiger partial charge in [-0.2, -0.15) is 0 Å². The molecule has 0 aromatic heterocycles. The van der Waals surface area contributed by atoms with Crippen LogP contribution in [0.3, 0.4) is 0 Å². The van der Waals surface area contributed by atoms with E-state index in [1.165, 1.54) is 0 Å². The van der Waals surface area contributed by atoms with Crippen molar-refractivity contribution in [2.24, 2.45) is 5.92 Å². The van der Waals surface area contributed by atoms with Gasteiger partial charge in [0.1, 0.15) is 0 Å². The number of Topliss-reactive ketones (excluding diaryl/α,β-unsaturated/α-hetero) is 1. The minimum atomic E-state index is -0.961. The third kappa shape index (κ3) is 2.06. The summed E-state index contributed by atoms with van der Waals surface area (Å²) in [7, 11) is 0. The number of fused-ring (bicyclic) bond motifs is 2. The Morgan fingerprint density at radius 1 is 1.21 bits per heavy atom. The summed E-state index contributed by atoms with van der Waals surface area (Å²) in [6.45, 7) is 0. The number of aliphatic carboxylic acids is 1. The molecule has 3 aliphatic rings.